The van der Waals surface area contributed by atoms with Crippen LogP contribution in [0.2, 0.25) is 0 Å². The molecule has 1 heterocycles. The van der Waals surface area contributed by atoms with Crippen LogP contribution in [-0.2, 0) is 0 Å². The summed E-state index contributed by atoms with van der Waals surface area (Å²) in [6.07, 6.45) is 0. The highest BCUT2D eigenvalue weighted by Gasteiger charge is 2.19. The first-order valence-corrected chi connectivity index (χ1v) is 6.05. The molecule has 0 aliphatic heterocycles. The fraction of sp³-hybridized carbons (Fsp3) is 0.333. The summed E-state index contributed by atoms with van der Waals surface area (Å²) in [5, 5.41) is 7.21. The van der Waals surface area contributed by atoms with Crippen LogP contribution in [0, 0.1) is 4.77 Å². The first-order valence-electron chi connectivity index (χ1n) is 5.64. The Morgan fingerprint density at radius 1 is 1.29 bits per heavy atom. The maximum Gasteiger partial charge on any atom is 0.200 e. The van der Waals surface area contributed by atoms with Gasteiger partial charge in [-0.1, -0.05) is 18.2 Å². The molecule has 90 valence electrons. The second kappa shape index (κ2) is 4.81. The third-order valence-corrected chi connectivity index (χ3v) is 3.24. The van der Waals surface area contributed by atoms with Crippen molar-refractivity contribution in [1.29, 1.82) is 0 Å². The SMILES string of the molecule is C[C@@H](c1n[nH]c(=S)n1-c1ccccc1)[NH+](C)C. The highest BCUT2D eigenvalue weighted by atomic mass is 32.1. The van der Waals surface area contributed by atoms with Gasteiger partial charge in [-0.2, -0.15) is 5.10 Å². The Bertz CT molecular complexity index is 541. The summed E-state index contributed by atoms with van der Waals surface area (Å²) in [6.45, 7) is 2.14. The van der Waals surface area contributed by atoms with E-state index in [1.165, 1.54) is 4.90 Å². The monoisotopic (exact) mass is 249 g/mol. The van der Waals surface area contributed by atoms with Crippen LogP contribution in [-0.4, -0.2) is 28.9 Å². The Balaban J connectivity index is 2.55. The molecule has 0 saturated carbocycles. The van der Waals surface area contributed by atoms with Crippen LogP contribution in [0.5, 0.6) is 0 Å². The predicted molar refractivity (Wildman–Crippen MR) is 70.0 cm³/mol. The Morgan fingerprint density at radius 2 is 1.94 bits per heavy atom. The number of nitrogens with zero attached hydrogens (tertiary/aromatic N) is 2. The molecule has 5 heteroatoms. The molecule has 17 heavy (non-hydrogen) atoms. The van der Waals surface area contributed by atoms with E-state index in [1.54, 1.807) is 0 Å². The van der Waals surface area contributed by atoms with Crippen LogP contribution in [0.25, 0.3) is 5.69 Å². The topological polar surface area (TPSA) is 38.0 Å². The lowest BCUT2D eigenvalue weighted by atomic mass is 10.2. The zero-order valence-electron chi connectivity index (χ0n) is 10.3. The lowest BCUT2D eigenvalue weighted by Gasteiger charge is -2.17. The molecule has 2 rings (SSSR count). The van der Waals surface area contributed by atoms with Crippen molar-refractivity contribution in [3.05, 3.63) is 40.9 Å². The first kappa shape index (κ1) is 12.0. The van der Waals surface area contributed by atoms with Crippen molar-refractivity contribution in [2.24, 2.45) is 0 Å². The van der Waals surface area contributed by atoms with Crippen molar-refractivity contribution < 1.29 is 4.90 Å². The number of aromatic amines is 1. The number of hydrogen-bond acceptors (Lipinski definition) is 2. The van der Waals surface area contributed by atoms with Gasteiger partial charge in [-0.3, -0.25) is 9.67 Å². The van der Waals surface area contributed by atoms with E-state index < -0.39 is 0 Å². The van der Waals surface area contributed by atoms with E-state index in [2.05, 4.69) is 31.2 Å². The molecule has 0 spiro atoms. The first-order chi connectivity index (χ1) is 8.11. The molecule has 2 N–H and O–H groups in total. The molecule has 0 aliphatic carbocycles. The molecular weight excluding hydrogens is 232 g/mol. The van der Waals surface area contributed by atoms with Crippen molar-refractivity contribution in [2.45, 2.75) is 13.0 Å². The summed E-state index contributed by atoms with van der Waals surface area (Å²) < 4.78 is 2.63. The average molecular weight is 249 g/mol. The number of quaternary nitrogens is 1. The van der Waals surface area contributed by atoms with Gasteiger partial charge in [-0.25, -0.2) is 0 Å². The molecule has 0 radical (unpaired) electrons. The van der Waals surface area contributed by atoms with Gasteiger partial charge in [0.2, 0.25) is 0 Å². The molecule has 1 atom stereocenters. The van der Waals surface area contributed by atoms with Gasteiger partial charge in [0.1, 0.15) is 6.04 Å². The summed E-state index contributed by atoms with van der Waals surface area (Å²) in [4.78, 5) is 1.32. The third-order valence-electron chi connectivity index (χ3n) is 2.97. The largest absolute Gasteiger partial charge is 0.331 e. The number of H-pyrrole nitrogens is 1. The summed E-state index contributed by atoms with van der Waals surface area (Å²) in [6, 6.07) is 10.3. The van der Waals surface area contributed by atoms with Gasteiger partial charge in [0.05, 0.1) is 14.1 Å². The summed E-state index contributed by atoms with van der Waals surface area (Å²) in [5.41, 5.74) is 1.05. The van der Waals surface area contributed by atoms with E-state index in [4.69, 9.17) is 12.2 Å². The van der Waals surface area contributed by atoms with Crippen molar-refractivity contribution in [3.8, 4) is 5.69 Å². The molecule has 2 aromatic rings. The standard InChI is InChI=1S/C12H16N4S/c1-9(15(2)3)11-13-14-12(17)16(11)10-7-5-4-6-8-10/h4-9H,1-3H3,(H,14,17)/p+1/t9-/m0/s1. The predicted octanol–water partition coefficient (Wildman–Crippen LogP) is 1.14. The van der Waals surface area contributed by atoms with Gasteiger partial charge in [0, 0.05) is 5.69 Å². The van der Waals surface area contributed by atoms with E-state index in [1.807, 2.05) is 34.9 Å². The molecule has 0 saturated heterocycles. The zero-order chi connectivity index (χ0) is 12.4. The van der Waals surface area contributed by atoms with Gasteiger partial charge in [-0.15, -0.1) is 0 Å². The minimum atomic E-state index is 0.281. The van der Waals surface area contributed by atoms with Crippen molar-refractivity contribution >= 4 is 12.2 Å². The van der Waals surface area contributed by atoms with E-state index in [-0.39, 0.29) is 6.04 Å². The third kappa shape index (κ3) is 2.30. The normalized spacial score (nSPS) is 12.9. The smallest absolute Gasteiger partial charge is 0.200 e. The van der Waals surface area contributed by atoms with Crippen LogP contribution in [0.3, 0.4) is 0 Å². The van der Waals surface area contributed by atoms with Gasteiger partial charge < -0.3 is 4.90 Å². The highest BCUT2D eigenvalue weighted by Crippen LogP contribution is 2.14. The summed E-state index contributed by atoms with van der Waals surface area (Å²) >= 11 is 5.30. The minimum Gasteiger partial charge on any atom is -0.331 e. The average Bonchev–Trinajstić information content (AvgIpc) is 2.71. The Morgan fingerprint density at radius 3 is 2.53 bits per heavy atom. The zero-order valence-corrected chi connectivity index (χ0v) is 11.1. The molecular formula is C12H17N4S+. The second-order valence-corrected chi connectivity index (χ2v) is 4.74. The van der Waals surface area contributed by atoms with Crippen LogP contribution in [0.15, 0.2) is 30.3 Å². The number of nitrogens with one attached hydrogen (secondary N) is 2. The number of hydrogen-bond donors (Lipinski definition) is 2. The van der Waals surface area contributed by atoms with Crippen molar-refractivity contribution in [2.75, 3.05) is 14.1 Å². The van der Waals surface area contributed by atoms with Crippen LogP contribution >= 0.6 is 12.2 Å². The number of aromatic nitrogens is 3. The van der Waals surface area contributed by atoms with Crippen LogP contribution in [0.4, 0.5) is 0 Å². The molecule has 0 unspecified atom stereocenters. The summed E-state index contributed by atoms with van der Waals surface area (Å²) in [5.74, 6) is 0.959. The highest BCUT2D eigenvalue weighted by molar-refractivity contribution is 7.71. The van der Waals surface area contributed by atoms with Crippen molar-refractivity contribution in [3.63, 3.8) is 0 Å². The molecule has 0 fully saturated rings. The van der Waals surface area contributed by atoms with Gasteiger partial charge in [-0.05, 0) is 31.3 Å². The molecule has 1 aromatic heterocycles. The van der Waals surface area contributed by atoms with E-state index in [9.17, 15) is 0 Å². The number of benzene rings is 1. The van der Waals surface area contributed by atoms with Gasteiger partial charge >= 0.3 is 0 Å². The fourth-order valence-electron chi connectivity index (χ4n) is 1.68. The lowest BCUT2D eigenvalue weighted by Crippen LogP contribution is -3.05. The minimum absolute atomic E-state index is 0.281. The lowest BCUT2D eigenvalue weighted by molar-refractivity contribution is -0.890. The molecule has 0 bridgehead atoms. The van der Waals surface area contributed by atoms with Gasteiger partial charge in [0.15, 0.2) is 10.6 Å². The van der Waals surface area contributed by atoms with Gasteiger partial charge in [0.25, 0.3) is 0 Å². The van der Waals surface area contributed by atoms with Crippen LogP contribution in [0.1, 0.15) is 18.8 Å². The molecule has 1 aromatic carbocycles. The number of para-hydroxylation sites is 1. The van der Waals surface area contributed by atoms with Crippen LogP contribution < -0.4 is 4.90 Å². The fourth-order valence-corrected chi connectivity index (χ4v) is 1.93. The molecule has 0 aliphatic rings. The van der Waals surface area contributed by atoms with E-state index in [0.29, 0.717) is 4.77 Å². The maximum atomic E-state index is 5.30. The van der Waals surface area contributed by atoms with E-state index in [0.717, 1.165) is 11.5 Å². The second-order valence-electron chi connectivity index (χ2n) is 4.36. The van der Waals surface area contributed by atoms with Crippen molar-refractivity contribution in [1.82, 2.24) is 14.8 Å². The summed E-state index contributed by atoms with van der Waals surface area (Å²) in [7, 11) is 4.22. The number of rotatable bonds is 3. The maximum absolute atomic E-state index is 5.30. The Labute approximate surface area is 106 Å². The molecule has 4 nitrogen and oxygen atoms in total. The van der Waals surface area contributed by atoms with E-state index >= 15 is 0 Å². The Hall–Kier alpha value is -1.46. The quantitative estimate of drug-likeness (QED) is 0.801. The Kier molecular flexibility index (Phi) is 3.40. The molecule has 0 amide bonds.